The summed E-state index contributed by atoms with van der Waals surface area (Å²) in [5, 5.41) is 12.0. The molecule has 1 aromatic carbocycles. The van der Waals surface area contributed by atoms with Gasteiger partial charge in [0.2, 0.25) is 11.0 Å². The van der Waals surface area contributed by atoms with E-state index in [0.29, 0.717) is 11.0 Å². The van der Waals surface area contributed by atoms with Crippen molar-refractivity contribution < 1.29 is 18.0 Å². The molecule has 0 unspecified atom stereocenters. The van der Waals surface area contributed by atoms with Gasteiger partial charge in [0, 0.05) is 25.3 Å². The Labute approximate surface area is 158 Å². The van der Waals surface area contributed by atoms with E-state index in [1.54, 1.807) is 0 Å². The molecule has 1 N–H and O–H groups in total. The first kappa shape index (κ1) is 19.1. The minimum atomic E-state index is -0.731. The van der Waals surface area contributed by atoms with Crippen molar-refractivity contribution in [2.75, 3.05) is 5.32 Å². The average Bonchev–Trinajstić information content (AvgIpc) is 3.28. The van der Waals surface area contributed by atoms with Crippen molar-refractivity contribution in [2.45, 2.75) is 39.0 Å². The Morgan fingerprint density at radius 3 is 2.89 bits per heavy atom. The van der Waals surface area contributed by atoms with Crippen LogP contribution in [0.2, 0.25) is 0 Å². The summed E-state index contributed by atoms with van der Waals surface area (Å²) < 4.78 is 32.2. The maximum atomic E-state index is 13.8. The molecular weight excluding hydrogens is 374 g/mol. The highest BCUT2D eigenvalue weighted by Crippen LogP contribution is 2.24. The standard InChI is InChI=1S/C18H18F2N4O2S/c1-2-3-4-17-23-24-18(27-17)22-15(25)7-8-16-21-10-14(26-16)12-6-5-11(19)9-13(12)20/h5-6,9-10H,2-4,7-8H2,1H3,(H,22,24,25). The predicted molar refractivity (Wildman–Crippen MR) is 97.3 cm³/mol. The zero-order valence-electron chi connectivity index (χ0n) is 14.7. The fraction of sp³-hybridized carbons (Fsp3) is 0.333. The lowest BCUT2D eigenvalue weighted by atomic mass is 10.2. The monoisotopic (exact) mass is 392 g/mol. The summed E-state index contributed by atoms with van der Waals surface area (Å²) in [6, 6.07) is 3.21. The Hall–Kier alpha value is -2.68. The van der Waals surface area contributed by atoms with Gasteiger partial charge in [-0.1, -0.05) is 24.7 Å². The Kier molecular flexibility index (Phi) is 6.23. The first-order valence-corrected chi connectivity index (χ1v) is 9.39. The van der Waals surface area contributed by atoms with Gasteiger partial charge in [-0.25, -0.2) is 13.8 Å². The van der Waals surface area contributed by atoms with Gasteiger partial charge in [0.25, 0.3) is 0 Å². The van der Waals surface area contributed by atoms with Crippen LogP contribution in [0.4, 0.5) is 13.9 Å². The van der Waals surface area contributed by atoms with Crippen molar-refractivity contribution in [2.24, 2.45) is 0 Å². The molecule has 0 saturated heterocycles. The van der Waals surface area contributed by atoms with E-state index in [2.05, 4.69) is 27.4 Å². The van der Waals surface area contributed by atoms with Gasteiger partial charge in [0.05, 0.1) is 11.8 Å². The van der Waals surface area contributed by atoms with Crippen LogP contribution in [-0.4, -0.2) is 21.1 Å². The normalized spacial score (nSPS) is 10.9. The first-order valence-electron chi connectivity index (χ1n) is 8.57. The third kappa shape index (κ3) is 5.16. The van der Waals surface area contributed by atoms with Crippen LogP contribution in [0.15, 0.2) is 28.8 Å². The molecule has 3 aromatic rings. The summed E-state index contributed by atoms with van der Waals surface area (Å²) in [7, 11) is 0. The lowest BCUT2D eigenvalue weighted by Crippen LogP contribution is -2.12. The van der Waals surface area contributed by atoms with E-state index in [4.69, 9.17) is 4.42 Å². The number of nitrogens with one attached hydrogen (secondary N) is 1. The highest BCUT2D eigenvalue weighted by atomic mass is 32.1. The summed E-state index contributed by atoms with van der Waals surface area (Å²) in [4.78, 5) is 16.1. The topological polar surface area (TPSA) is 80.9 Å². The summed E-state index contributed by atoms with van der Waals surface area (Å²) in [5.74, 6) is -1.15. The van der Waals surface area contributed by atoms with Gasteiger partial charge < -0.3 is 9.73 Å². The molecule has 0 aliphatic rings. The van der Waals surface area contributed by atoms with E-state index in [0.717, 1.165) is 36.4 Å². The number of carbonyl (C=O) groups is 1. The maximum Gasteiger partial charge on any atom is 0.226 e. The van der Waals surface area contributed by atoms with E-state index >= 15 is 0 Å². The number of amides is 1. The molecule has 27 heavy (non-hydrogen) atoms. The van der Waals surface area contributed by atoms with Crippen LogP contribution in [0, 0.1) is 11.6 Å². The van der Waals surface area contributed by atoms with Crippen LogP contribution < -0.4 is 5.32 Å². The van der Waals surface area contributed by atoms with Crippen molar-refractivity contribution in [3.05, 3.63) is 46.9 Å². The van der Waals surface area contributed by atoms with E-state index in [-0.39, 0.29) is 30.1 Å². The molecule has 2 aromatic heterocycles. The summed E-state index contributed by atoms with van der Waals surface area (Å²) in [5.41, 5.74) is 0.119. The molecule has 0 spiro atoms. The van der Waals surface area contributed by atoms with Gasteiger partial charge in [-0.15, -0.1) is 10.2 Å². The van der Waals surface area contributed by atoms with Crippen LogP contribution >= 0.6 is 11.3 Å². The van der Waals surface area contributed by atoms with Crippen molar-refractivity contribution in [3.8, 4) is 11.3 Å². The second-order valence-electron chi connectivity index (χ2n) is 5.90. The van der Waals surface area contributed by atoms with Gasteiger partial charge in [0.1, 0.15) is 16.6 Å². The number of oxazole rings is 1. The predicted octanol–water partition coefficient (Wildman–Crippen LogP) is 4.39. The molecular formula is C18H18F2N4O2S. The Bertz CT molecular complexity index is 926. The summed E-state index contributed by atoms with van der Waals surface area (Å²) >= 11 is 1.36. The summed E-state index contributed by atoms with van der Waals surface area (Å²) in [6.07, 6.45) is 4.69. The zero-order valence-corrected chi connectivity index (χ0v) is 15.5. The van der Waals surface area contributed by atoms with Gasteiger partial charge >= 0.3 is 0 Å². The second kappa shape index (κ2) is 8.81. The lowest BCUT2D eigenvalue weighted by molar-refractivity contribution is -0.116. The Balaban J connectivity index is 1.53. The third-order valence-corrected chi connectivity index (χ3v) is 4.67. The van der Waals surface area contributed by atoms with Crippen LogP contribution in [0.1, 0.15) is 37.1 Å². The Morgan fingerprint density at radius 1 is 1.26 bits per heavy atom. The minimum Gasteiger partial charge on any atom is -0.441 e. The van der Waals surface area contributed by atoms with Crippen molar-refractivity contribution in [1.82, 2.24) is 15.2 Å². The van der Waals surface area contributed by atoms with Crippen LogP contribution in [0.3, 0.4) is 0 Å². The number of hydrogen-bond donors (Lipinski definition) is 1. The zero-order chi connectivity index (χ0) is 19.2. The minimum absolute atomic E-state index is 0.119. The second-order valence-corrected chi connectivity index (χ2v) is 6.96. The number of aromatic nitrogens is 3. The molecule has 9 heteroatoms. The van der Waals surface area contributed by atoms with Crippen molar-refractivity contribution >= 4 is 22.4 Å². The van der Waals surface area contributed by atoms with Crippen molar-refractivity contribution in [3.63, 3.8) is 0 Å². The van der Waals surface area contributed by atoms with Gasteiger partial charge in [-0.05, 0) is 18.6 Å². The maximum absolute atomic E-state index is 13.8. The van der Waals surface area contributed by atoms with E-state index in [1.807, 2.05) is 0 Å². The first-order chi connectivity index (χ1) is 13.0. The molecule has 0 fully saturated rings. The molecule has 3 rings (SSSR count). The molecule has 2 heterocycles. The number of anilines is 1. The fourth-order valence-corrected chi connectivity index (χ4v) is 3.17. The lowest BCUT2D eigenvalue weighted by Gasteiger charge is -2.00. The molecule has 0 aliphatic heterocycles. The molecule has 0 bridgehead atoms. The quantitative estimate of drug-likeness (QED) is 0.615. The van der Waals surface area contributed by atoms with Crippen molar-refractivity contribution in [1.29, 1.82) is 0 Å². The number of benzene rings is 1. The molecule has 0 saturated carbocycles. The van der Waals surface area contributed by atoms with Gasteiger partial charge in [-0.2, -0.15) is 0 Å². The summed E-state index contributed by atoms with van der Waals surface area (Å²) in [6.45, 7) is 2.10. The fourth-order valence-electron chi connectivity index (χ4n) is 2.38. The highest BCUT2D eigenvalue weighted by Gasteiger charge is 2.14. The average molecular weight is 392 g/mol. The number of hydrogen-bond acceptors (Lipinski definition) is 6. The molecule has 0 aliphatic carbocycles. The van der Waals surface area contributed by atoms with Crippen LogP contribution in [0.5, 0.6) is 0 Å². The number of carbonyl (C=O) groups excluding carboxylic acids is 1. The van der Waals surface area contributed by atoms with E-state index in [9.17, 15) is 13.6 Å². The molecule has 0 radical (unpaired) electrons. The number of halogens is 2. The number of nitrogens with zero attached hydrogens (tertiary/aromatic N) is 3. The molecule has 6 nitrogen and oxygen atoms in total. The number of aryl methyl sites for hydroxylation is 2. The highest BCUT2D eigenvalue weighted by molar-refractivity contribution is 7.15. The van der Waals surface area contributed by atoms with E-state index in [1.165, 1.54) is 23.6 Å². The largest absolute Gasteiger partial charge is 0.441 e. The third-order valence-electron chi connectivity index (χ3n) is 3.77. The Morgan fingerprint density at radius 2 is 2.11 bits per heavy atom. The molecule has 142 valence electrons. The molecule has 1 amide bonds. The number of rotatable bonds is 8. The SMILES string of the molecule is CCCCc1nnc(NC(=O)CCc2ncc(-c3ccc(F)cc3F)o2)s1. The van der Waals surface area contributed by atoms with Crippen LogP contribution in [0.25, 0.3) is 11.3 Å². The number of unbranched alkanes of at least 4 members (excludes halogenated alkanes) is 1. The van der Waals surface area contributed by atoms with Gasteiger partial charge in [0.15, 0.2) is 11.7 Å². The van der Waals surface area contributed by atoms with Crippen LogP contribution in [-0.2, 0) is 17.6 Å². The molecule has 0 atom stereocenters. The smallest absolute Gasteiger partial charge is 0.226 e. The van der Waals surface area contributed by atoms with Gasteiger partial charge in [-0.3, -0.25) is 4.79 Å². The van der Waals surface area contributed by atoms with E-state index < -0.39 is 11.6 Å².